The first-order valence-electron chi connectivity index (χ1n) is 4.27. The lowest BCUT2D eigenvalue weighted by Crippen LogP contribution is -2.12. The van der Waals surface area contributed by atoms with Gasteiger partial charge in [0.2, 0.25) is 0 Å². The first-order chi connectivity index (χ1) is 7.34. The molecule has 0 saturated carbocycles. The highest BCUT2D eigenvalue weighted by atomic mass is 19.4. The molecule has 88 valence electrons. The maximum Gasteiger partial charge on any atom is 0.433 e. The van der Waals surface area contributed by atoms with Crippen LogP contribution in [0.3, 0.4) is 0 Å². The molecule has 0 bridgehead atoms. The molecule has 2 N–H and O–H groups in total. The molecule has 1 aromatic rings. The molecular weight excluding hydrogens is 227 g/mol. The molecule has 0 unspecified atom stereocenters. The highest BCUT2D eigenvalue weighted by Crippen LogP contribution is 2.30. The molecular formula is C8H8F3N3O2. The Labute approximate surface area is 88.2 Å². The van der Waals surface area contributed by atoms with Gasteiger partial charge in [-0.2, -0.15) is 13.2 Å². The number of hydrogen-bond donors (Lipinski definition) is 1. The minimum Gasteiger partial charge on any atom is -0.330 e. The lowest BCUT2D eigenvalue weighted by Gasteiger charge is -2.07. The molecule has 1 aromatic heterocycles. The Morgan fingerprint density at radius 2 is 2.06 bits per heavy atom. The third kappa shape index (κ3) is 2.89. The monoisotopic (exact) mass is 235 g/mol. The lowest BCUT2D eigenvalue weighted by molar-refractivity contribution is -0.385. The predicted octanol–water partition coefficient (Wildman–Crippen LogP) is 1.51. The summed E-state index contributed by atoms with van der Waals surface area (Å²) in [5, 5.41) is 10.4. The van der Waals surface area contributed by atoms with Gasteiger partial charge >= 0.3 is 6.18 Å². The number of alkyl halides is 3. The van der Waals surface area contributed by atoms with Crippen LogP contribution in [0.1, 0.15) is 11.4 Å². The van der Waals surface area contributed by atoms with E-state index in [4.69, 9.17) is 5.73 Å². The van der Waals surface area contributed by atoms with E-state index in [0.717, 1.165) is 6.07 Å². The summed E-state index contributed by atoms with van der Waals surface area (Å²) in [7, 11) is 0. The van der Waals surface area contributed by atoms with Crippen molar-refractivity contribution < 1.29 is 18.1 Å². The van der Waals surface area contributed by atoms with Crippen molar-refractivity contribution in [3.05, 3.63) is 33.6 Å². The summed E-state index contributed by atoms with van der Waals surface area (Å²) < 4.78 is 37.0. The fourth-order valence-electron chi connectivity index (χ4n) is 1.10. The van der Waals surface area contributed by atoms with Gasteiger partial charge in [0.05, 0.1) is 4.92 Å². The van der Waals surface area contributed by atoms with Gasteiger partial charge in [-0.15, -0.1) is 0 Å². The summed E-state index contributed by atoms with van der Waals surface area (Å²) in [6.07, 6.45) is -4.64. The highest BCUT2D eigenvalue weighted by molar-refractivity contribution is 5.34. The van der Waals surface area contributed by atoms with Crippen LogP contribution in [0.2, 0.25) is 0 Å². The third-order valence-electron chi connectivity index (χ3n) is 1.76. The van der Waals surface area contributed by atoms with E-state index >= 15 is 0 Å². The molecule has 0 radical (unpaired) electrons. The second kappa shape index (κ2) is 4.44. The summed E-state index contributed by atoms with van der Waals surface area (Å²) in [6, 6.07) is 1.39. The van der Waals surface area contributed by atoms with Gasteiger partial charge in [0.25, 0.3) is 5.69 Å². The summed E-state index contributed by atoms with van der Waals surface area (Å²) >= 11 is 0. The van der Waals surface area contributed by atoms with E-state index < -0.39 is 22.5 Å². The second-order valence-electron chi connectivity index (χ2n) is 3.00. The Morgan fingerprint density at radius 3 is 2.50 bits per heavy atom. The number of halogens is 3. The Balaban J connectivity index is 3.24. The van der Waals surface area contributed by atoms with Crippen LogP contribution < -0.4 is 5.73 Å². The molecule has 0 amide bonds. The van der Waals surface area contributed by atoms with Crippen LogP contribution in [0.5, 0.6) is 0 Å². The van der Waals surface area contributed by atoms with E-state index in [1.807, 2.05) is 0 Å². The molecule has 0 aromatic carbocycles. The van der Waals surface area contributed by atoms with Crippen LogP contribution in [-0.4, -0.2) is 16.5 Å². The molecule has 0 fully saturated rings. The van der Waals surface area contributed by atoms with Gasteiger partial charge in [0.15, 0.2) is 5.69 Å². The van der Waals surface area contributed by atoms with Crippen LogP contribution in [0.4, 0.5) is 18.9 Å². The predicted molar refractivity (Wildman–Crippen MR) is 48.7 cm³/mol. The molecule has 0 atom stereocenters. The third-order valence-corrected chi connectivity index (χ3v) is 1.76. The number of aromatic nitrogens is 1. The van der Waals surface area contributed by atoms with Crippen molar-refractivity contribution in [2.75, 3.05) is 6.54 Å². The molecule has 16 heavy (non-hydrogen) atoms. The first-order valence-corrected chi connectivity index (χ1v) is 4.27. The molecule has 1 rings (SSSR count). The number of rotatable bonds is 3. The van der Waals surface area contributed by atoms with E-state index in [-0.39, 0.29) is 18.7 Å². The van der Waals surface area contributed by atoms with Crippen molar-refractivity contribution in [3.63, 3.8) is 0 Å². The molecule has 0 aliphatic heterocycles. The Bertz CT molecular complexity index is 406. The zero-order chi connectivity index (χ0) is 12.3. The largest absolute Gasteiger partial charge is 0.433 e. The van der Waals surface area contributed by atoms with E-state index in [9.17, 15) is 23.3 Å². The van der Waals surface area contributed by atoms with Crippen LogP contribution >= 0.6 is 0 Å². The number of hydrogen-bond acceptors (Lipinski definition) is 4. The van der Waals surface area contributed by atoms with E-state index in [0.29, 0.717) is 6.07 Å². The summed E-state index contributed by atoms with van der Waals surface area (Å²) in [5.41, 5.74) is 3.21. The van der Waals surface area contributed by atoms with Crippen molar-refractivity contribution in [1.29, 1.82) is 0 Å². The number of nitrogens with two attached hydrogens (primary N) is 1. The summed E-state index contributed by atoms with van der Waals surface area (Å²) in [6.45, 7) is 0.0749. The molecule has 5 nitrogen and oxygen atoms in total. The molecule has 8 heteroatoms. The van der Waals surface area contributed by atoms with Gasteiger partial charge in [-0.25, -0.2) is 4.98 Å². The minimum absolute atomic E-state index is 0.0379. The van der Waals surface area contributed by atoms with Gasteiger partial charge < -0.3 is 5.73 Å². The maximum atomic E-state index is 12.3. The Hall–Kier alpha value is -1.70. The SMILES string of the molecule is NCCc1cc([N+](=O)[O-])cc(C(F)(F)F)n1. The average molecular weight is 235 g/mol. The quantitative estimate of drug-likeness (QED) is 0.635. The zero-order valence-corrected chi connectivity index (χ0v) is 7.99. The van der Waals surface area contributed by atoms with Crippen molar-refractivity contribution >= 4 is 5.69 Å². The van der Waals surface area contributed by atoms with Crippen molar-refractivity contribution in [1.82, 2.24) is 4.98 Å². The smallest absolute Gasteiger partial charge is 0.330 e. The van der Waals surface area contributed by atoms with Gasteiger partial charge in [0.1, 0.15) is 0 Å². The molecule has 1 heterocycles. The first kappa shape index (κ1) is 12.4. The van der Waals surface area contributed by atoms with Gasteiger partial charge in [-0.1, -0.05) is 0 Å². The van der Waals surface area contributed by atoms with Crippen molar-refractivity contribution in [2.45, 2.75) is 12.6 Å². The summed E-state index contributed by atoms with van der Waals surface area (Å²) in [5.74, 6) is 0. The normalized spacial score (nSPS) is 11.5. The lowest BCUT2D eigenvalue weighted by atomic mass is 10.2. The topological polar surface area (TPSA) is 82.0 Å². The molecule has 0 spiro atoms. The fraction of sp³-hybridized carbons (Fsp3) is 0.375. The average Bonchev–Trinajstić information content (AvgIpc) is 2.16. The Kier molecular flexibility index (Phi) is 3.43. The van der Waals surface area contributed by atoms with Crippen molar-refractivity contribution in [2.24, 2.45) is 5.73 Å². The fourth-order valence-corrected chi connectivity index (χ4v) is 1.10. The second-order valence-corrected chi connectivity index (χ2v) is 3.00. The molecule has 0 aliphatic carbocycles. The van der Waals surface area contributed by atoms with E-state index in [1.54, 1.807) is 0 Å². The van der Waals surface area contributed by atoms with Crippen molar-refractivity contribution in [3.8, 4) is 0 Å². The standard InChI is InChI=1S/C8H8F3N3O2/c9-8(10,11)7-4-6(14(15)16)3-5(13-7)1-2-12/h3-4H,1-2,12H2. The van der Waals surface area contributed by atoms with Gasteiger partial charge in [0, 0.05) is 24.2 Å². The number of nitro groups is 1. The van der Waals surface area contributed by atoms with E-state index in [2.05, 4.69) is 4.98 Å². The molecule has 0 aliphatic rings. The zero-order valence-electron chi connectivity index (χ0n) is 7.99. The van der Waals surface area contributed by atoms with Crippen LogP contribution in [-0.2, 0) is 12.6 Å². The van der Waals surface area contributed by atoms with Gasteiger partial charge in [-0.3, -0.25) is 10.1 Å². The Morgan fingerprint density at radius 1 is 1.44 bits per heavy atom. The maximum absolute atomic E-state index is 12.3. The summed E-state index contributed by atoms with van der Waals surface area (Å²) in [4.78, 5) is 12.8. The van der Waals surface area contributed by atoms with Crippen LogP contribution in [0.25, 0.3) is 0 Å². The number of nitrogens with zero attached hydrogens (tertiary/aromatic N) is 2. The van der Waals surface area contributed by atoms with Gasteiger partial charge in [-0.05, 0) is 6.54 Å². The highest BCUT2D eigenvalue weighted by Gasteiger charge is 2.34. The van der Waals surface area contributed by atoms with E-state index in [1.165, 1.54) is 0 Å². The molecule has 0 saturated heterocycles. The van der Waals surface area contributed by atoms with Crippen LogP contribution in [0, 0.1) is 10.1 Å². The number of pyridine rings is 1. The minimum atomic E-state index is -4.70. The van der Waals surface area contributed by atoms with Crippen LogP contribution in [0.15, 0.2) is 12.1 Å².